The van der Waals surface area contributed by atoms with Gasteiger partial charge in [-0.2, -0.15) is 0 Å². The number of aromatic nitrogens is 1. The van der Waals surface area contributed by atoms with Gasteiger partial charge in [-0.3, -0.25) is 4.98 Å². The van der Waals surface area contributed by atoms with E-state index in [4.69, 9.17) is 22.7 Å². The number of ether oxygens (including phenoxy) is 1. The summed E-state index contributed by atoms with van der Waals surface area (Å²) < 4.78 is 5.84. The van der Waals surface area contributed by atoms with Crippen LogP contribution >= 0.6 is 12.2 Å². The molecule has 3 nitrogen and oxygen atoms in total. The minimum Gasteiger partial charge on any atom is -0.489 e. The summed E-state index contributed by atoms with van der Waals surface area (Å²) in [5.74, 6) is 0.873. The van der Waals surface area contributed by atoms with Gasteiger partial charge in [0.15, 0.2) is 0 Å². The predicted octanol–water partition coefficient (Wildman–Crippen LogP) is 2.91. The van der Waals surface area contributed by atoms with Crippen LogP contribution in [0.25, 0.3) is 0 Å². The Morgan fingerprint density at radius 2 is 2.11 bits per heavy atom. The van der Waals surface area contributed by atoms with Gasteiger partial charge in [-0.05, 0) is 37.1 Å². The molecule has 4 heteroatoms. The Morgan fingerprint density at radius 1 is 1.32 bits per heavy atom. The molecule has 0 saturated carbocycles. The standard InChI is InChI=1S/C15H16N2OS/c1-10-5-6-11(2)13(8-10)18-9-12-4-3-7-17-14(12)15(16)19/h3-8H,9H2,1-2H3,(H2,16,19). The fourth-order valence-corrected chi connectivity index (χ4v) is 1.98. The number of aryl methyl sites for hydroxylation is 2. The van der Waals surface area contributed by atoms with E-state index in [2.05, 4.69) is 11.1 Å². The number of hydrogen-bond donors (Lipinski definition) is 1. The second kappa shape index (κ2) is 5.80. The first-order valence-corrected chi connectivity index (χ1v) is 6.42. The summed E-state index contributed by atoms with van der Waals surface area (Å²) in [5, 5.41) is 0. The van der Waals surface area contributed by atoms with Gasteiger partial charge in [-0.25, -0.2) is 0 Å². The normalized spacial score (nSPS) is 10.2. The van der Waals surface area contributed by atoms with Gasteiger partial charge in [0, 0.05) is 11.8 Å². The fourth-order valence-electron chi connectivity index (χ4n) is 1.80. The lowest BCUT2D eigenvalue weighted by molar-refractivity contribution is 0.303. The molecule has 0 spiro atoms. The van der Waals surface area contributed by atoms with Gasteiger partial charge < -0.3 is 10.5 Å². The zero-order valence-corrected chi connectivity index (χ0v) is 11.8. The molecular formula is C15H16N2OS. The molecule has 19 heavy (non-hydrogen) atoms. The van der Waals surface area contributed by atoms with E-state index >= 15 is 0 Å². The summed E-state index contributed by atoms with van der Waals surface area (Å²) >= 11 is 4.99. The molecule has 2 aromatic rings. The molecule has 0 fully saturated rings. The lowest BCUT2D eigenvalue weighted by atomic mass is 10.1. The molecule has 0 aliphatic rings. The average molecular weight is 272 g/mol. The third kappa shape index (κ3) is 3.29. The molecule has 1 aromatic carbocycles. The molecule has 98 valence electrons. The summed E-state index contributed by atoms with van der Waals surface area (Å²) in [6.07, 6.45) is 1.68. The van der Waals surface area contributed by atoms with Crippen LogP contribution in [0.3, 0.4) is 0 Å². The molecule has 1 heterocycles. The lowest BCUT2D eigenvalue weighted by Crippen LogP contribution is -2.15. The van der Waals surface area contributed by atoms with Crippen LogP contribution in [-0.4, -0.2) is 9.97 Å². The Bertz CT molecular complexity index is 611. The second-order valence-corrected chi connectivity index (χ2v) is 4.87. The molecule has 0 atom stereocenters. The van der Waals surface area contributed by atoms with E-state index in [1.807, 2.05) is 38.1 Å². The fraction of sp³-hybridized carbons (Fsp3) is 0.200. The van der Waals surface area contributed by atoms with Crippen molar-refractivity contribution in [1.29, 1.82) is 0 Å². The van der Waals surface area contributed by atoms with Crippen LogP contribution in [0.4, 0.5) is 0 Å². The summed E-state index contributed by atoms with van der Waals surface area (Å²) in [6, 6.07) is 9.90. The molecule has 0 saturated heterocycles. The first kappa shape index (κ1) is 13.5. The highest BCUT2D eigenvalue weighted by Gasteiger charge is 2.07. The Kier molecular flexibility index (Phi) is 4.12. The van der Waals surface area contributed by atoms with Crippen LogP contribution in [0.5, 0.6) is 5.75 Å². The first-order valence-electron chi connectivity index (χ1n) is 6.01. The van der Waals surface area contributed by atoms with Crippen LogP contribution in [0.2, 0.25) is 0 Å². The van der Waals surface area contributed by atoms with Gasteiger partial charge in [0.05, 0.1) is 0 Å². The lowest BCUT2D eigenvalue weighted by Gasteiger charge is -2.11. The minimum absolute atomic E-state index is 0.292. The first-order chi connectivity index (χ1) is 9.08. The van der Waals surface area contributed by atoms with Crippen molar-refractivity contribution in [2.45, 2.75) is 20.5 Å². The monoisotopic (exact) mass is 272 g/mol. The van der Waals surface area contributed by atoms with Crippen molar-refractivity contribution in [1.82, 2.24) is 4.98 Å². The van der Waals surface area contributed by atoms with Gasteiger partial charge in [-0.1, -0.05) is 30.4 Å². The van der Waals surface area contributed by atoms with Gasteiger partial charge in [0.1, 0.15) is 23.0 Å². The maximum absolute atomic E-state index is 5.84. The van der Waals surface area contributed by atoms with Crippen LogP contribution < -0.4 is 10.5 Å². The summed E-state index contributed by atoms with van der Waals surface area (Å²) in [7, 11) is 0. The van der Waals surface area contributed by atoms with Crippen molar-refractivity contribution in [2.24, 2.45) is 5.73 Å². The third-order valence-corrected chi connectivity index (χ3v) is 3.04. The molecule has 0 unspecified atom stereocenters. The van der Waals surface area contributed by atoms with E-state index in [0.29, 0.717) is 17.3 Å². The highest BCUT2D eigenvalue weighted by molar-refractivity contribution is 7.80. The molecule has 0 bridgehead atoms. The van der Waals surface area contributed by atoms with E-state index < -0.39 is 0 Å². The number of rotatable bonds is 4. The third-order valence-electron chi connectivity index (χ3n) is 2.85. The highest BCUT2D eigenvalue weighted by atomic mass is 32.1. The van der Waals surface area contributed by atoms with Gasteiger partial charge in [-0.15, -0.1) is 0 Å². The molecular weight excluding hydrogens is 256 g/mol. The Balaban J connectivity index is 2.19. The molecule has 2 rings (SSSR count). The van der Waals surface area contributed by atoms with E-state index in [-0.39, 0.29) is 0 Å². The van der Waals surface area contributed by atoms with Crippen LogP contribution in [0.15, 0.2) is 36.5 Å². The van der Waals surface area contributed by atoms with Crippen molar-refractivity contribution in [3.05, 3.63) is 58.9 Å². The zero-order valence-electron chi connectivity index (χ0n) is 11.0. The molecule has 0 aliphatic carbocycles. The summed E-state index contributed by atoms with van der Waals surface area (Å²) in [5.41, 5.74) is 9.45. The van der Waals surface area contributed by atoms with Crippen LogP contribution in [0.1, 0.15) is 22.4 Å². The largest absolute Gasteiger partial charge is 0.489 e. The Hall–Kier alpha value is -1.94. The number of benzene rings is 1. The van der Waals surface area contributed by atoms with Gasteiger partial charge >= 0.3 is 0 Å². The number of thiocarbonyl (C=S) groups is 1. The number of nitrogens with two attached hydrogens (primary N) is 1. The topological polar surface area (TPSA) is 48.1 Å². The molecule has 2 N–H and O–H groups in total. The summed E-state index contributed by atoms with van der Waals surface area (Å²) in [6.45, 7) is 4.47. The average Bonchev–Trinajstić information content (AvgIpc) is 2.40. The maximum atomic E-state index is 5.84. The van der Waals surface area contributed by atoms with E-state index in [1.165, 1.54) is 5.56 Å². The number of nitrogens with zero attached hydrogens (tertiary/aromatic N) is 1. The maximum Gasteiger partial charge on any atom is 0.123 e. The number of hydrogen-bond acceptors (Lipinski definition) is 3. The second-order valence-electron chi connectivity index (χ2n) is 4.43. The molecule has 0 amide bonds. The van der Waals surface area contributed by atoms with Gasteiger partial charge in [0.25, 0.3) is 0 Å². The smallest absolute Gasteiger partial charge is 0.123 e. The molecule has 0 radical (unpaired) electrons. The molecule has 1 aromatic heterocycles. The zero-order chi connectivity index (χ0) is 13.8. The summed E-state index contributed by atoms with van der Waals surface area (Å²) in [4.78, 5) is 4.48. The van der Waals surface area contributed by atoms with Crippen molar-refractivity contribution in [2.75, 3.05) is 0 Å². The molecule has 0 aliphatic heterocycles. The Labute approximate surface area is 118 Å². The van der Waals surface area contributed by atoms with E-state index in [0.717, 1.165) is 16.9 Å². The highest BCUT2D eigenvalue weighted by Crippen LogP contribution is 2.20. The number of pyridine rings is 1. The SMILES string of the molecule is Cc1ccc(C)c(OCc2cccnc2C(N)=S)c1. The van der Waals surface area contributed by atoms with Crippen molar-refractivity contribution in [3.63, 3.8) is 0 Å². The van der Waals surface area contributed by atoms with E-state index in [9.17, 15) is 0 Å². The van der Waals surface area contributed by atoms with Crippen molar-refractivity contribution in [3.8, 4) is 5.75 Å². The van der Waals surface area contributed by atoms with Crippen LogP contribution in [0, 0.1) is 13.8 Å². The quantitative estimate of drug-likeness (QED) is 0.869. The van der Waals surface area contributed by atoms with Crippen molar-refractivity contribution >= 4 is 17.2 Å². The van der Waals surface area contributed by atoms with Gasteiger partial charge in [0.2, 0.25) is 0 Å². The minimum atomic E-state index is 0.292. The van der Waals surface area contributed by atoms with E-state index in [1.54, 1.807) is 6.20 Å². The van der Waals surface area contributed by atoms with Crippen molar-refractivity contribution < 1.29 is 4.74 Å². The predicted molar refractivity (Wildman–Crippen MR) is 80.4 cm³/mol. The van der Waals surface area contributed by atoms with Crippen LogP contribution in [-0.2, 0) is 6.61 Å². The Morgan fingerprint density at radius 3 is 2.84 bits per heavy atom.